The van der Waals surface area contributed by atoms with Crippen LogP contribution in [0.3, 0.4) is 0 Å². The second kappa shape index (κ2) is 10.3. The van der Waals surface area contributed by atoms with Gasteiger partial charge in [-0.25, -0.2) is 0 Å². The van der Waals surface area contributed by atoms with Gasteiger partial charge in [0.25, 0.3) is 0 Å². The smallest absolute Gasteiger partial charge is 0.143 e. The van der Waals surface area contributed by atoms with Gasteiger partial charge in [0.15, 0.2) is 0 Å². The van der Waals surface area contributed by atoms with E-state index in [1.165, 1.54) is 55.9 Å². The first-order valence-corrected chi connectivity index (χ1v) is 17.6. The van der Waals surface area contributed by atoms with E-state index in [-0.39, 0.29) is 10.8 Å². The molecule has 0 atom stereocenters. The van der Waals surface area contributed by atoms with Crippen molar-refractivity contribution in [2.75, 3.05) is 4.90 Å². The molecule has 240 valence electrons. The van der Waals surface area contributed by atoms with Crippen LogP contribution in [-0.4, -0.2) is 0 Å². The fourth-order valence-electron chi connectivity index (χ4n) is 9.04. The third-order valence-corrected chi connectivity index (χ3v) is 11.5. The summed E-state index contributed by atoms with van der Waals surface area (Å²) in [6.07, 6.45) is 0. The van der Waals surface area contributed by atoms with Gasteiger partial charge in [0.2, 0.25) is 0 Å². The normalized spacial score (nSPS) is 14.7. The average Bonchev–Trinajstić information content (AvgIpc) is 3.73. The van der Waals surface area contributed by atoms with Gasteiger partial charge >= 0.3 is 0 Å². The molecule has 0 aliphatic heterocycles. The summed E-state index contributed by atoms with van der Waals surface area (Å²) in [5, 5.41) is 2.28. The van der Waals surface area contributed by atoms with Crippen molar-refractivity contribution in [3.05, 3.63) is 174 Å². The number of para-hydroxylation sites is 2. The number of fused-ring (bicyclic) bond motifs is 9. The summed E-state index contributed by atoms with van der Waals surface area (Å²) in [4.78, 5) is 2.52. The lowest BCUT2D eigenvalue weighted by Gasteiger charge is -2.31. The summed E-state index contributed by atoms with van der Waals surface area (Å²) in [5.41, 5.74) is 18.0. The van der Waals surface area contributed by atoms with Crippen LogP contribution >= 0.6 is 0 Å². The second-order valence-corrected chi connectivity index (χ2v) is 14.9. The SMILES string of the molecule is CC1(C)c2ccccc2-c2c(N(c3cccc(-c4cccc5c4oc4ccccc45)c3)c3cccc4c3-c3ccccc3C4(C)C)cccc21. The third-order valence-electron chi connectivity index (χ3n) is 11.5. The van der Waals surface area contributed by atoms with E-state index in [4.69, 9.17) is 4.42 Å². The zero-order valence-corrected chi connectivity index (χ0v) is 28.8. The molecule has 1 heterocycles. The van der Waals surface area contributed by atoms with Gasteiger partial charge in [-0.05, 0) is 69.3 Å². The molecule has 0 saturated carbocycles. The first-order chi connectivity index (χ1) is 24.3. The van der Waals surface area contributed by atoms with E-state index in [1.54, 1.807) is 0 Å². The summed E-state index contributed by atoms with van der Waals surface area (Å²) in [5.74, 6) is 0. The van der Waals surface area contributed by atoms with Crippen LogP contribution in [-0.2, 0) is 10.8 Å². The van der Waals surface area contributed by atoms with Crippen LogP contribution in [0, 0.1) is 0 Å². The second-order valence-electron chi connectivity index (χ2n) is 14.9. The highest BCUT2D eigenvalue weighted by Crippen LogP contribution is 2.58. The third kappa shape index (κ3) is 3.91. The molecule has 10 rings (SSSR count). The topological polar surface area (TPSA) is 16.4 Å². The summed E-state index contributed by atoms with van der Waals surface area (Å²) in [6, 6.07) is 55.5. The first-order valence-electron chi connectivity index (χ1n) is 17.6. The van der Waals surface area contributed by atoms with Crippen LogP contribution in [0.15, 0.2) is 156 Å². The molecule has 0 spiro atoms. The van der Waals surface area contributed by atoms with Gasteiger partial charge in [-0.15, -0.1) is 0 Å². The van der Waals surface area contributed by atoms with E-state index >= 15 is 0 Å². The summed E-state index contributed by atoms with van der Waals surface area (Å²) in [7, 11) is 0. The van der Waals surface area contributed by atoms with Crippen LogP contribution in [0.5, 0.6) is 0 Å². The van der Waals surface area contributed by atoms with Crippen molar-refractivity contribution >= 4 is 39.0 Å². The monoisotopic (exact) mass is 643 g/mol. The molecular formula is C48H37NO. The molecular weight excluding hydrogens is 607 g/mol. The Morgan fingerprint density at radius 3 is 1.60 bits per heavy atom. The average molecular weight is 644 g/mol. The van der Waals surface area contributed by atoms with E-state index in [0.29, 0.717) is 0 Å². The van der Waals surface area contributed by atoms with Gasteiger partial charge in [0.05, 0.1) is 11.4 Å². The molecule has 1 aromatic heterocycles. The van der Waals surface area contributed by atoms with Gasteiger partial charge < -0.3 is 9.32 Å². The number of hydrogen-bond acceptors (Lipinski definition) is 2. The first kappa shape index (κ1) is 29.1. The van der Waals surface area contributed by atoms with Crippen molar-refractivity contribution in [2.24, 2.45) is 0 Å². The van der Waals surface area contributed by atoms with Crippen LogP contribution < -0.4 is 4.90 Å². The summed E-state index contributed by atoms with van der Waals surface area (Å²) >= 11 is 0. The lowest BCUT2D eigenvalue weighted by Crippen LogP contribution is -2.17. The number of benzene rings is 7. The largest absolute Gasteiger partial charge is 0.455 e. The van der Waals surface area contributed by atoms with Crippen molar-refractivity contribution in [1.29, 1.82) is 0 Å². The van der Waals surface area contributed by atoms with E-state index < -0.39 is 0 Å². The Balaban J connectivity index is 1.27. The molecule has 2 heteroatoms. The van der Waals surface area contributed by atoms with E-state index in [0.717, 1.165) is 38.8 Å². The maximum Gasteiger partial charge on any atom is 0.143 e. The highest BCUT2D eigenvalue weighted by Gasteiger charge is 2.40. The molecule has 2 aliphatic rings. The molecule has 7 aromatic carbocycles. The summed E-state index contributed by atoms with van der Waals surface area (Å²) < 4.78 is 6.54. The van der Waals surface area contributed by atoms with Gasteiger partial charge in [0, 0.05) is 44.0 Å². The Morgan fingerprint density at radius 2 is 0.940 bits per heavy atom. The standard InChI is InChI=1S/C48H37NO/c1-47(2)37-22-8-5-18-35(37)44-39(47)24-13-26-41(44)49(42-27-14-25-40-45(42)36-19-6-9-23-38(36)48(40,3)4)31-16-11-15-30(29-31)32-20-12-21-34-33-17-7-10-28-43(33)50-46(32)34/h5-29H,1-4H3. The molecule has 0 fully saturated rings. The highest BCUT2D eigenvalue weighted by molar-refractivity contribution is 6.10. The van der Waals surface area contributed by atoms with Crippen LogP contribution in [0.4, 0.5) is 17.1 Å². The van der Waals surface area contributed by atoms with Gasteiger partial charge in [-0.2, -0.15) is 0 Å². The zero-order valence-electron chi connectivity index (χ0n) is 28.8. The minimum absolute atomic E-state index is 0.111. The number of rotatable bonds is 4. The van der Waals surface area contributed by atoms with Crippen molar-refractivity contribution < 1.29 is 4.42 Å². The Labute approximate surface area is 293 Å². The molecule has 0 amide bonds. The van der Waals surface area contributed by atoms with Gasteiger partial charge in [-0.1, -0.05) is 149 Å². The Hall–Kier alpha value is -5.86. The van der Waals surface area contributed by atoms with Crippen molar-refractivity contribution in [1.82, 2.24) is 0 Å². The van der Waals surface area contributed by atoms with Gasteiger partial charge in [0.1, 0.15) is 11.2 Å². The molecule has 0 saturated heterocycles. The zero-order chi connectivity index (χ0) is 33.8. The molecule has 0 bridgehead atoms. The van der Waals surface area contributed by atoms with E-state index in [2.05, 4.69) is 178 Å². The molecule has 0 unspecified atom stereocenters. The molecule has 50 heavy (non-hydrogen) atoms. The maximum atomic E-state index is 6.54. The van der Waals surface area contributed by atoms with Crippen LogP contribution in [0.2, 0.25) is 0 Å². The predicted octanol–water partition coefficient (Wildman–Crippen LogP) is 13.3. The van der Waals surface area contributed by atoms with E-state index in [9.17, 15) is 0 Å². The minimum atomic E-state index is -0.111. The van der Waals surface area contributed by atoms with Crippen LogP contribution in [0.25, 0.3) is 55.3 Å². The Kier molecular flexibility index (Phi) is 6.01. The lowest BCUT2D eigenvalue weighted by atomic mass is 9.82. The Bertz CT molecular complexity index is 2560. The predicted molar refractivity (Wildman–Crippen MR) is 209 cm³/mol. The number of furan rings is 1. The van der Waals surface area contributed by atoms with Crippen molar-refractivity contribution in [3.63, 3.8) is 0 Å². The van der Waals surface area contributed by atoms with Crippen molar-refractivity contribution in [3.8, 4) is 33.4 Å². The molecule has 8 aromatic rings. The van der Waals surface area contributed by atoms with Crippen LogP contribution in [0.1, 0.15) is 49.9 Å². The molecule has 2 aliphatic carbocycles. The minimum Gasteiger partial charge on any atom is -0.455 e. The Morgan fingerprint density at radius 1 is 0.440 bits per heavy atom. The number of nitrogens with zero attached hydrogens (tertiary/aromatic N) is 1. The fourth-order valence-corrected chi connectivity index (χ4v) is 9.04. The maximum absolute atomic E-state index is 6.54. The van der Waals surface area contributed by atoms with Crippen molar-refractivity contribution in [2.45, 2.75) is 38.5 Å². The van der Waals surface area contributed by atoms with E-state index in [1.807, 2.05) is 6.07 Å². The number of anilines is 3. The molecule has 0 radical (unpaired) electrons. The quantitative estimate of drug-likeness (QED) is 0.190. The van der Waals surface area contributed by atoms with Gasteiger partial charge in [-0.3, -0.25) is 0 Å². The molecule has 2 nitrogen and oxygen atoms in total. The fraction of sp³-hybridized carbons (Fsp3) is 0.125. The summed E-state index contributed by atoms with van der Waals surface area (Å²) in [6.45, 7) is 9.44. The highest BCUT2D eigenvalue weighted by atomic mass is 16.3. The lowest BCUT2D eigenvalue weighted by molar-refractivity contribution is 0.660. The molecule has 0 N–H and O–H groups in total. The number of hydrogen-bond donors (Lipinski definition) is 0.